The van der Waals surface area contributed by atoms with Crippen molar-refractivity contribution in [2.45, 2.75) is 25.3 Å². The second kappa shape index (κ2) is 5.53. The fourth-order valence-electron chi connectivity index (χ4n) is 2.46. The summed E-state index contributed by atoms with van der Waals surface area (Å²) in [4.78, 5) is 6.44. The van der Waals surface area contributed by atoms with Crippen molar-refractivity contribution >= 4 is 11.5 Å². The maximum absolute atomic E-state index is 4.41. The number of nitrogens with one attached hydrogen (secondary N) is 1. The maximum Gasteiger partial charge on any atom is 0.151 e. The molecule has 1 N–H and O–H groups in total. The van der Waals surface area contributed by atoms with Crippen LogP contribution in [0.4, 0.5) is 11.5 Å². The summed E-state index contributed by atoms with van der Waals surface area (Å²) in [5, 5.41) is 3.49. The van der Waals surface area contributed by atoms with Crippen LogP contribution in [0.3, 0.4) is 0 Å². The minimum Gasteiger partial charge on any atom is -0.378 e. The number of aromatic nitrogens is 1. The molecule has 3 rings (SSSR count). The highest BCUT2D eigenvalue weighted by Crippen LogP contribution is 2.40. The average Bonchev–Trinajstić information content (AvgIpc) is 3.30. The smallest absolute Gasteiger partial charge is 0.151 e. The van der Waals surface area contributed by atoms with Crippen molar-refractivity contribution in [1.82, 2.24) is 4.98 Å². The topological polar surface area (TPSA) is 28.2 Å². The number of nitrogens with zero attached hydrogens (tertiary/aromatic N) is 2. The first-order chi connectivity index (χ1) is 9.74. The number of hydrogen-bond acceptors (Lipinski definition) is 3. The van der Waals surface area contributed by atoms with Crippen molar-refractivity contribution in [2.24, 2.45) is 0 Å². The van der Waals surface area contributed by atoms with Crippen LogP contribution in [0, 0.1) is 0 Å². The van der Waals surface area contributed by atoms with E-state index in [0.29, 0.717) is 0 Å². The molecule has 0 bridgehead atoms. The highest BCUT2D eigenvalue weighted by atomic mass is 15.2. The lowest BCUT2D eigenvalue weighted by molar-refractivity contribution is 1.04. The Kier molecular flexibility index (Phi) is 3.59. The maximum atomic E-state index is 4.41. The van der Waals surface area contributed by atoms with Gasteiger partial charge in [0.05, 0.1) is 5.69 Å². The van der Waals surface area contributed by atoms with Crippen LogP contribution in [0.2, 0.25) is 0 Å². The highest BCUT2D eigenvalue weighted by Gasteiger charge is 2.23. The highest BCUT2D eigenvalue weighted by molar-refractivity contribution is 5.64. The summed E-state index contributed by atoms with van der Waals surface area (Å²) in [5.41, 5.74) is 3.90. The van der Waals surface area contributed by atoms with Crippen LogP contribution in [0.15, 0.2) is 42.6 Å². The van der Waals surface area contributed by atoms with Gasteiger partial charge in [-0.05, 0) is 42.0 Å². The third-order valence-electron chi connectivity index (χ3n) is 3.69. The third kappa shape index (κ3) is 2.93. The number of anilines is 2. The first-order valence-electron chi connectivity index (χ1n) is 7.19. The first kappa shape index (κ1) is 13.0. The molecule has 0 unspecified atom stereocenters. The summed E-state index contributed by atoms with van der Waals surface area (Å²) in [5.74, 6) is 1.79. The molecule has 0 aliphatic heterocycles. The van der Waals surface area contributed by atoms with Gasteiger partial charge in [0.15, 0.2) is 5.82 Å². The molecule has 1 aliphatic carbocycles. The van der Waals surface area contributed by atoms with Gasteiger partial charge in [-0.25, -0.2) is 4.98 Å². The van der Waals surface area contributed by atoms with Crippen molar-refractivity contribution < 1.29 is 0 Å². The van der Waals surface area contributed by atoms with Crippen molar-refractivity contribution in [2.75, 3.05) is 24.3 Å². The van der Waals surface area contributed by atoms with E-state index in [-0.39, 0.29) is 0 Å². The molecule has 20 heavy (non-hydrogen) atoms. The van der Waals surface area contributed by atoms with Gasteiger partial charge in [-0.3, -0.25) is 0 Å². The standard InChI is InChI=1S/C17H21N3/c1-20(2)17-16(7-4-10-18-17)19-12-13-5-3-6-15(11-13)14-8-9-14/h3-7,10-11,14,19H,8-9,12H2,1-2H3. The quantitative estimate of drug-likeness (QED) is 0.896. The molecular weight excluding hydrogens is 246 g/mol. The first-order valence-corrected chi connectivity index (χ1v) is 7.19. The molecule has 1 fully saturated rings. The van der Waals surface area contributed by atoms with Crippen LogP contribution < -0.4 is 10.2 Å². The van der Waals surface area contributed by atoms with Crippen molar-refractivity contribution in [3.8, 4) is 0 Å². The van der Waals surface area contributed by atoms with Gasteiger partial charge in [0, 0.05) is 26.8 Å². The molecule has 104 valence electrons. The van der Waals surface area contributed by atoms with Gasteiger partial charge in [-0.15, -0.1) is 0 Å². The van der Waals surface area contributed by atoms with Crippen molar-refractivity contribution in [3.05, 3.63) is 53.7 Å². The second-order valence-electron chi connectivity index (χ2n) is 5.64. The summed E-state index contributed by atoms with van der Waals surface area (Å²) in [6, 6.07) is 13.0. The van der Waals surface area contributed by atoms with E-state index in [2.05, 4.69) is 40.6 Å². The molecule has 0 atom stereocenters. The average molecular weight is 267 g/mol. The van der Waals surface area contributed by atoms with Gasteiger partial charge in [-0.2, -0.15) is 0 Å². The Morgan fingerprint density at radius 2 is 2.05 bits per heavy atom. The van der Waals surface area contributed by atoms with Crippen LogP contribution >= 0.6 is 0 Å². The molecule has 1 saturated carbocycles. The molecule has 1 aromatic heterocycles. The molecular formula is C17H21N3. The minimum absolute atomic E-state index is 0.811. The number of rotatable bonds is 5. The Morgan fingerprint density at radius 3 is 2.80 bits per heavy atom. The van der Waals surface area contributed by atoms with Gasteiger partial charge < -0.3 is 10.2 Å². The molecule has 0 spiro atoms. The van der Waals surface area contributed by atoms with E-state index in [1.807, 2.05) is 31.3 Å². The molecule has 0 saturated heterocycles. The van der Waals surface area contributed by atoms with Gasteiger partial charge in [0.25, 0.3) is 0 Å². The molecule has 1 aliphatic rings. The fourth-order valence-corrected chi connectivity index (χ4v) is 2.46. The number of pyridine rings is 1. The van der Waals surface area contributed by atoms with Gasteiger partial charge in [0.2, 0.25) is 0 Å². The molecule has 2 aromatic rings. The van der Waals surface area contributed by atoms with E-state index in [1.165, 1.54) is 24.0 Å². The molecule has 3 nitrogen and oxygen atoms in total. The van der Waals surface area contributed by atoms with Crippen LogP contribution in [-0.4, -0.2) is 19.1 Å². The van der Waals surface area contributed by atoms with Crippen LogP contribution in [0.25, 0.3) is 0 Å². The summed E-state index contributed by atoms with van der Waals surface area (Å²) < 4.78 is 0. The fraction of sp³-hybridized carbons (Fsp3) is 0.353. The lowest BCUT2D eigenvalue weighted by atomic mass is 10.1. The van der Waals surface area contributed by atoms with E-state index in [1.54, 1.807) is 0 Å². The van der Waals surface area contributed by atoms with Crippen molar-refractivity contribution in [1.29, 1.82) is 0 Å². The van der Waals surface area contributed by atoms with Crippen molar-refractivity contribution in [3.63, 3.8) is 0 Å². The van der Waals surface area contributed by atoms with Crippen LogP contribution in [-0.2, 0) is 6.54 Å². The van der Waals surface area contributed by atoms with Crippen LogP contribution in [0.5, 0.6) is 0 Å². The van der Waals surface area contributed by atoms with E-state index in [0.717, 1.165) is 24.0 Å². The lowest BCUT2D eigenvalue weighted by Gasteiger charge is -2.17. The monoisotopic (exact) mass is 267 g/mol. The Labute approximate surface area is 120 Å². The second-order valence-corrected chi connectivity index (χ2v) is 5.64. The number of hydrogen-bond donors (Lipinski definition) is 1. The van der Waals surface area contributed by atoms with E-state index >= 15 is 0 Å². The molecule has 1 aromatic carbocycles. The summed E-state index contributed by atoms with van der Waals surface area (Å²) >= 11 is 0. The van der Waals surface area contributed by atoms with E-state index in [4.69, 9.17) is 0 Å². The van der Waals surface area contributed by atoms with Gasteiger partial charge >= 0.3 is 0 Å². The normalized spacial score (nSPS) is 14.1. The molecule has 1 heterocycles. The van der Waals surface area contributed by atoms with Gasteiger partial charge in [-0.1, -0.05) is 24.3 Å². The largest absolute Gasteiger partial charge is 0.378 e. The minimum atomic E-state index is 0.811. The van der Waals surface area contributed by atoms with Gasteiger partial charge in [0.1, 0.15) is 0 Å². The Bertz CT molecular complexity index is 588. The SMILES string of the molecule is CN(C)c1ncccc1NCc1cccc(C2CC2)c1. The lowest BCUT2D eigenvalue weighted by Crippen LogP contribution is -2.13. The third-order valence-corrected chi connectivity index (χ3v) is 3.69. The summed E-state index contributed by atoms with van der Waals surface area (Å²) in [6.07, 6.45) is 4.53. The Morgan fingerprint density at radius 1 is 1.20 bits per heavy atom. The zero-order valence-corrected chi connectivity index (χ0v) is 12.1. The Hall–Kier alpha value is -2.03. The summed E-state index contributed by atoms with van der Waals surface area (Å²) in [7, 11) is 4.03. The number of benzene rings is 1. The molecule has 0 radical (unpaired) electrons. The van der Waals surface area contributed by atoms with E-state index < -0.39 is 0 Å². The predicted molar refractivity (Wildman–Crippen MR) is 84.3 cm³/mol. The van der Waals surface area contributed by atoms with E-state index in [9.17, 15) is 0 Å². The molecule has 3 heteroatoms. The zero-order chi connectivity index (χ0) is 13.9. The van der Waals surface area contributed by atoms with Crippen LogP contribution in [0.1, 0.15) is 29.9 Å². The molecule has 0 amide bonds. The Balaban J connectivity index is 1.71. The predicted octanol–water partition coefficient (Wildman–Crippen LogP) is 3.64. The zero-order valence-electron chi connectivity index (χ0n) is 12.1. The summed E-state index contributed by atoms with van der Waals surface area (Å²) in [6.45, 7) is 0.840.